The molecule has 2 aliphatic carbocycles. The Labute approximate surface area is 153 Å². The number of phenols is 1. The molecule has 0 fully saturated rings. The maximum atomic E-state index is 13.2. The Bertz CT molecular complexity index is 846. The second-order valence-corrected chi connectivity index (χ2v) is 7.13. The zero-order valence-electron chi connectivity index (χ0n) is 15.4. The van der Waals surface area contributed by atoms with Gasteiger partial charge >= 0.3 is 0 Å². The SMILES string of the molecule is C=CC1=CC[C@H]2C(=O)C=C(C)C(=O)[C@@]2(C)[C@H]1c1ccc(O)c(OCC)c1. The smallest absolute Gasteiger partial charge is 0.166 e. The van der Waals surface area contributed by atoms with Crippen LogP contribution in [-0.4, -0.2) is 23.3 Å². The molecule has 0 bridgehead atoms. The van der Waals surface area contributed by atoms with Crippen molar-refractivity contribution in [1.29, 1.82) is 0 Å². The highest BCUT2D eigenvalue weighted by molar-refractivity contribution is 6.13. The molecule has 3 rings (SSSR count). The summed E-state index contributed by atoms with van der Waals surface area (Å²) in [4.78, 5) is 25.8. The van der Waals surface area contributed by atoms with Crippen molar-refractivity contribution in [2.24, 2.45) is 11.3 Å². The third-order valence-electron chi connectivity index (χ3n) is 5.65. The second kappa shape index (κ2) is 6.60. The summed E-state index contributed by atoms with van der Waals surface area (Å²) in [6, 6.07) is 5.13. The molecular weight excluding hydrogens is 328 g/mol. The molecule has 0 heterocycles. The van der Waals surface area contributed by atoms with E-state index < -0.39 is 11.3 Å². The lowest BCUT2D eigenvalue weighted by Crippen LogP contribution is -2.49. The molecule has 4 heteroatoms. The molecule has 0 unspecified atom stereocenters. The van der Waals surface area contributed by atoms with Crippen molar-refractivity contribution in [3.8, 4) is 11.5 Å². The Morgan fingerprint density at radius 3 is 2.77 bits per heavy atom. The van der Waals surface area contributed by atoms with Gasteiger partial charge < -0.3 is 9.84 Å². The van der Waals surface area contributed by atoms with E-state index in [0.29, 0.717) is 24.4 Å². The summed E-state index contributed by atoms with van der Waals surface area (Å²) in [5.41, 5.74) is 1.37. The van der Waals surface area contributed by atoms with Gasteiger partial charge in [0.1, 0.15) is 0 Å². The number of allylic oxidation sites excluding steroid dienone is 5. The third-order valence-corrected chi connectivity index (χ3v) is 5.65. The lowest BCUT2D eigenvalue weighted by molar-refractivity contribution is -0.137. The normalized spacial score (nSPS) is 28.1. The minimum Gasteiger partial charge on any atom is -0.504 e. The number of aromatic hydroxyl groups is 1. The van der Waals surface area contributed by atoms with Gasteiger partial charge in [0.25, 0.3) is 0 Å². The van der Waals surface area contributed by atoms with E-state index in [-0.39, 0.29) is 23.2 Å². The molecule has 0 aromatic heterocycles. The number of fused-ring (bicyclic) bond motifs is 1. The highest BCUT2D eigenvalue weighted by atomic mass is 16.5. The van der Waals surface area contributed by atoms with E-state index in [4.69, 9.17) is 4.74 Å². The summed E-state index contributed by atoms with van der Waals surface area (Å²) >= 11 is 0. The summed E-state index contributed by atoms with van der Waals surface area (Å²) in [6.07, 6.45) is 5.75. The Morgan fingerprint density at radius 2 is 2.12 bits per heavy atom. The van der Waals surface area contributed by atoms with Crippen LogP contribution < -0.4 is 4.74 Å². The van der Waals surface area contributed by atoms with E-state index in [1.165, 1.54) is 6.08 Å². The summed E-state index contributed by atoms with van der Waals surface area (Å²) in [7, 11) is 0. The number of hydrogen-bond acceptors (Lipinski definition) is 4. The van der Waals surface area contributed by atoms with Crippen molar-refractivity contribution in [1.82, 2.24) is 0 Å². The number of phenolic OH excluding ortho intramolecular Hbond substituents is 1. The minimum atomic E-state index is -0.880. The number of ketones is 2. The van der Waals surface area contributed by atoms with Crippen LogP contribution in [0.5, 0.6) is 11.5 Å². The molecule has 0 amide bonds. The molecule has 3 atom stereocenters. The van der Waals surface area contributed by atoms with Gasteiger partial charge in [0.2, 0.25) is 0 Å². The standard InChI is InChI=1S/C22H24O4/c1-5-14-7-9-16-18(24)11-13(3)21(25)22(16,4)20(14)15-8-10-17(23)19(12-15)26-6-2/h5,7-8,10-12,16,20,23H,1,6,9H2,2-4H3/t16-,20+,22+/m0/s1. The maximum Gasteiger partial charge on any atom is 0.166 e. The van der Waals surface area contributed by atoms with E-state index in [1.54, 1.807) is 31.2 Å². The highest BCUT2D eigenvalue weighted by Crippen LogP contribution is 2.55. The predicted molar refractivity (Wildman–Crippen MR) is 100 cm³/mol. The van der Waals surface area contributed by atoms with Crippen molar-refractivity contribution < 1.29 is 19.4 Å². The molecule has 26 heavy (non-hydrogen) atoms. The van der Waals surface area contributed by atoms with Crippen LogP contribution in [0, 0.1) is 11.3 Å². The average molecular weight is 352 g/mol. The van der Waals surface area contributed by atoms with Crippen LogP contribution in [0.25, 0.3) is 0 Å². The largest absolute Gasteiger partial charge is 0.504 e. The summed E-state index contributed by atoms with van der Waals surface area (Å²) in [5.74, 6) is -0.292. The third kappa shape index (κ3) is 2.61. The number of ether oxygens (including phenoxy) is 1. The number of hydrogen-bond donors (Lipinski definition) is 1. The summed E-state index contributed by atoms with van der Waals surface area (Å²) < 4.78 is 5.52. The molecule has 0 saturated carbocycles. The van der Waals surface area contributed by atoms with Gasteiger partial charge in [-0.15, -0.1) is 0 Å². The van der Waals surface area contributed by atoms with Crippen molar-refractivity contribution in [2.45, 2.75) is 33.1 Å². The maximum absolute atomic E-state index is 13.2. The molecule has 2 aliphatic rings. The monoisotopic (exact) mass is 352 g/mol. The van der Waals surface area contributed by atoms with Crippen molar-refractivity contribution in [3.63, 3.8) is 0 Å². The second-order valence-electron chi connectivity index (χ2n) is 7.13. The lowest BCUT2D eigenvalue weighted by atomic mass is 9.53. The van der Waals surface area contributed by atoms with E-state index >= 15 is 0 Å². The van der Waals surface area contributed by atoms with Gasteiger partial charge in [-0.2, -0.15) is 0 Å². The molecular formula is C22H24O4. The van der Waals surface area contributed by atoms with Gasteiger partial charge in [0.15, 0.2) is 23.1 Å². The van der Waals surface area contributed by atoms with Crippen molar-refractivity contribution >= 4 is 11.6 Å². The number of rotatable bonds is 4. The minimum absolute atomic E-state index is 0.00206. The van der Waals surface area contributed by atoms with Crippen LogP contribution in [0.3, 0.4) is 0 Å². The van der Waals surface area contributed by atoms with Gasteiger partial charge in [0, 0.05) is 11.8 Å². The molecule has 136 valence electrons. The van der Waals surface area contributed by atoms with Crippen LogP contribution in [0.15, 0.2) is 54.2 Å². The highest BCUT2D eigenvalue weighted by Gasteiger charge is 2.54. The van der Waals surface area contributed by atoms with E-state index in [0.717, 1.165) is 11.1 Å². The molecule has 1 aromatic rings. The van der Waals surface area contributed by atoms with Crippen LogP contribution in [0.4, 0.5) is 0 Å². The van der Waals surface area contributed by atoms with E-state index in [2.05, 4.69) is 6.58 Å². The Hall–Kier alpha value is -2.62. The van der Waals surface area contributed by atoms with Crippen LogP contribution in [0.2, 0.25) is 0 Å². The Morgan fingerprint density at radius 1 is 1.38 bits per heavy atom. The van der Waals surface area contributed by atoms with E-state index in [1.807, 2.05) is 19.9 Å². The fraction of sp³-hybridized carbons (Fsp3) is 0.364. The predicted octanol–water partition coefficient (Wildman–Crippen LogP) is 4.11. The van der Waals surface area contributed by atoms with Gasteiger partial charge in [-0.3, -0.25) is 9.59 Å². The number of carbonyl (C=O) groups is 2. The molecule has 4 nitrogen and oxygen atoms in total. The molecule has 0 saturated heterocycles. The summed E-state index contributed by atoms with van der Waals surface area (Å²) in [5, 5.41) is 10.0. The van der Waals surface area contributed by atoms with Crippen LogP contribution >= 0.6 is 0 Å². The molecule has 0 radical (unpaired) electrons. The van der Waals surface area contributed by atoms with Gasteiger partial charge in [-0.05, 0) is 55.2 Å². The number of carbonyl (C=O) groups excluding carboxylic acids is 2. The molecule has 1 aromatic carbocycles. The quantitative estimate of drug-likeness (QED) is 0.886. The summed E-state index contributed by atoms with van der Waals surface area (Å²) in [6.45, 7) is 9.75. The van der Waals surface area contributed by atoms with E-state index in [9.17, 15) is 14.7 Å². The van der Waals surface area contributed by atoms with Crippen LogP contribution in [0.1, 0.15) is 38.7 Å². The van der Waals surface area contributed by atoms with Gasteiger partial charge in [-0.25, -0.2) is 0 Å². The first kappa shape index (κ1) is 18.2. The molecule has 1 N–H and O–H groups in total. The zero-order chi connectivity index (χ0) is 19.1. The molecule has 0 aliphatic heterocycles. The number of benzene rings is 1. The Kier molecular flexibility index (Phi) is 4.61. The Balaban J connectivity index is 2.21. The topological polar surface area (TPSA) is 63.6 Å². The van der Waals surface area contributed by atoms with Crippen LogP contribution in [-0.2, 0) is 9.59 Å². The first-order chi connectivity index (χ1) is 12.3. The number of Topliss-reactive ketones (excluding diaryl/α,β-unsaturated/α-hetero) is 1. The molecule has 0 spiro atoms. The fourth-order valence-corrected chi connectivity index (χ4v) is 4.39. The first-order valence-corrected chi connectivity index (χ1v) is 8.89. The zero-order valence-corrected chi connectivity index (χ0v) is 15.4. The average Bonchev–Trinajstić information content (AvgIpc) is 2.61. The van der Waals surface area contributed by atoms with Gasteiger partial charge in [0.05, 0.1) is 12.0 Å². The lowest BCUT2D eigenvalue weighted by Gasteiger charge is -2.47. The van der Waals surface area contributed by atoms with Gasteiger partial charge in [-0.1, -0.05) is 31.7 Å². The first-order valence-electron chi connectivity index (χ1n) is 8.89. The van der Waals surface area contributed by atoms with Crippen molar-refractivity contribution in [3.05, 3.63) is 59.7 Å². The fourth-order valence-electron chi connectivity index (χ4n) is 4.39. The van der Waals surface area contributed by atoms with Crippen molar-refractivity contribution in [2.75, 3.05) is 6.61 Å².